The second-order valence-electron chi connectivity index (χ2n) is 2.72. The molecule has 0 fully saturated rings. The summed E-state index contributed by atoms with van der Waals surface area (Å²) in [7, 11) is 0. The van der Waals surface area contributed by atoms with Gasteiger partial charge in [-0.2, -0.15) is 0 Å². The highest BCUT2D eigenvalue weighted by Gasteiger charge is 2.06. The lowest BCUT2D eigenvalue weighted by Gasteiger charge is -2.00. The summed E-state index contributed by atoms with van der Waals surface area (Å²) in [5, 5.41) is 0. The van der Waals surface area contributed by atoms with Crippen molar-refractivity contribution in [1.82, 2.24) is 0 Å². The molecule has 0 aromatic carbocycles. The van der Waals surface area contributed by atoms with Crippen molar-refractivity contribution in [2.24, 2.45) is 0 Å². The monoisotopic (exact) mass is 174 g/mol. The van der Waals surface area contributed by atoms with Crippen molar-refractivity contribution in [2.45, 2.75) is 26.7 Å². The maximum atomic E-state index is 5.83. The summed E-state index contributed by atoms with van der Waals surface area (Å²) >= 11 is 7.49. The van der Waals surface area contributed by atoms with Crippen molar-refractivity contribution < 1.29 is 0 Å². The Hall–Kier alpha value is -0.0100. The van der Waals surface area contributed by atoms with Gasteiger partial charge in [0.05, 0.1) is 4.34 Å². The molecule has 0 aliphatic heterocycles. The lowest BCUT2D eigenvalue weighted by molar-refractivity contribution is 0.864. The van der Waals surface area contributed by atoms with Crippen molar-refractivity contribution in [3.05, 3.63) is 20.8 Å². The maximum absolute atomic E-state index is 5.83. The topological polar surface area (TPSA) is 0 Å². The molecule has 2 heteroatoms. The summed E-state index contributed by atoms with van der Waals surface area (Å²) in [6, 6.07) is 2.06. The summed E-state index contributed by atoms with van der Waals surface area (Å²) in [5.74, 6) is 0.601. The summed E-state index contributed by atoms with van der Waals surface area (Å²) in [4.78, 5) is 1.35. The van der Waals surface area contributed by atoms with Gasteiger partial charge in [0.1, 0.15) is 0 Å². The van der Waals surface area contributed by atoms with Crippen LogP contribution in [0.25, 0.3) is 0 Å². The van der Waals surface area contributed by atoms with E-state index in [2.05, 4.69) is 26.8 Å². The van der Waals surface area contributed by atoms with Crippen molar-refractivity contribution in [2.75, 3.05) is 0 Å². The third-order valence-electron chi connectivity index (χ3n) is 1.55. The second-order valence-corrected chi connectivity index (χ2v) is 4.60. The molecule has 0 aliphatic carbocycles. The maximum Gasteiger partial charge on any atom is 0.0934 e. The van der Waals surface area contributed by atoms with E-state index in [-0.39, 0.29) is 0 Å². The first kappa shape index (κ1) is 8.09. The molecular formula is C8H11ClS. The molecule has 0 spiro atoms. The van der Waals surface area contributed by atoms with Gasteiger partial charge in [-0.15, -0.1) is 11.3 Å². The van der Waals surface area contributed by atoms with E-state index in [1.807, 2.05) is 0 Å². The van der Waals surface area contributed by atoms with Gasteiger partial charge in [-0.25, -0.2) is 0 Å². The van der Waals surface area contributed by atoms with E-state index in [0.717, 1.165) is 4.34 Å². The molecule has 1 aromatic heterocycles. The fraction of sp³-hybridized carbons (Fsp3) is 0.500. The Morgan fingerprint density at radius 1 is 1.50 bits per heavy atom. The minimum Gasteiger partial charge on any atom is -0.128 e. The first-order valence-corrected chi connectivity index (χ1v) is 4.56. The Balaban J connectivity index is 3.03. The van der Waals surface area contributed by atoms with E-state index in [4.69, 9.17) is 11.6 Å². The van der Waals surface area contributed by atoms with Gasteiger partial charge in [-0.05, 0) is 24.5 Å². The molecule has 1 heterocycles. The lowest BCUT2D eigenvalue weighted by Crippen LogP contribution is -1.84. The number of aryl methyl sites for hydroxylation is 1. The van der Waals surface area contributed by atoms with Gasteiger partial charge in [0.2, 0.25) is 0 Å². The molecule has 0 N–H and O–H groups in total. The minimum atomic E-state index is 0.601. The van der Waals surface area contributed by atoms with Crippen LogP contribution < -0.4 is 0 Å². The van der Waals surface area contributed by atoms with Crippen LogP contribution in [0.4, 0.5) is 0 Å². The molecule has 0 bridgehead atoms. The zero-order valence-electron chi connectivity index (χ0n) is 6.44. The molecule has 0 atom stereocenters. The molecule has 0 unspecified atom stereocenters. The standard InChI is InChI=1S/C8H11ClS/c1-5(2)7-4-8(9)10-6(7)3/h4-5H,1-3H3. The summed E-state index contributed by atoms with van der Waals surface area (Å²) in [6.07, 6.45) is 0. The van der Waals surface area contributed by atoms with E-state index >= 15 is 0 Å². The summed E-state index contributed by atoms with van der Waals surface area (Å²) < 4.78 is 0.904. The van der Waals surface area contributed by atoms with Crippen molar-refractivity contribution >= 4 is 22.9 Å². The predicted octanol–water partition coefficient (Wildman–Crippen LogP) is 3.83. The summed E-state index contributed by atoms with van der Waals surface area (Å²) in [5.41, 5.74) is 1.38. The van der Waals surface area contributed by atoms with Crippen molar-refractivity contribution in [3.63, 3.8) is 0 Å². The molecule has 1 aromatic rings. The smallest absolute Gasteiger partial charge is 0.0934 e. The van der Waals surface area contributed by atoms with Crippen LogP contribution >= 0.6 is 22.9 Å². The molecule has 0 saturated carbocycles. The highest BCUT2D eigenvalue weighted by molar-refractivity contribution is 7.16. The molecule has 56 valence electrons. The number of halogens is 1. The molecular weight excluding hydrogens is 164 g/mol. The average molecular weight is 175 g/mol. The third kappa shape index (κ3) is 1.53. The first-order valence-electron chi connectivity index (χ1n) is 3.37. The fourth-order valence-electron chi connectivity index (χ4n) is 1.03. The molecule has 0 aliphatic rings. The Morgan fingerprint density at radius 2 is 2.10 bits per heavy atom. The van der Waals surface area contributed by atoms with Crippen LogP contribution in [0, 0.1) is 6.92 Å². The first-order chi connectivity index (χ1) is 4.61. The van der Waals surface area contributed by atoms with E-state index < -0.39 is 0 Å². The van der Waals surface area contributed by atoms with Crippen LogP contribution in [-0.4, -0.2) is 0 Å². The quantitative estimate of drug-likeness (QED) is 0.607. The molecule has 0 amide bonds. The van der Waals surface area contributed by atoms with Crippen LogP contribution in [0.5, 0.6) is 0 Å². The van der Waals surface area contributed by atoms with Crippen molar-refractivity contribution in [3.8, 4) is 0 Å². The summed E-state index contributed by atoms with van der Waals surface area (Å²) in [6.45, 7) is 6.49. The van der Waals surface area contributed by atoms with Crippen LogP contribution in [0.2, 0.25) is 4.34 Å². The average Bonchev–Trinajstić information content (AvgIpc) is 2.10. The Labute approximate surface area is 70.8 Å². The number of thiophene rings is 1. The van der Waals surface area contributed by atoms with Gasteiger partial charge in [0.15, 0.2) is 0 Å². The van der Waals surface area contributed by atoms with Crippen LogP contribution in [0.1, 0.15) is 30.2 Å². The number of hydrogen-bond acceptors (Lipinski definition) is 1. The van der Waals surface area contributed by atoms with Gasteiger partial charge in [-0.1, -0.05) is 25.4 Å². The van der Waals surface area contributed by atoms with Crippen LogP contribution in [0.15, 0.2) is 6.07 Å². The Morgan fingerprint density at radius 3 is 2.30 bits per heavy atom. The largest absolute Gasteiger partial charge is 0.128 e. The van der Waals surface area contributed by atoms with E-state index in [0.29, 0.717) is 5.92 Å². The molecule has 10 heavy (non-hydrogen) atoms. The number of hydrogen-bond donors (Lipinski definition) is 0. The highest BCUT2D eigenvalue weighted by atomic mass is 35.5. The van der Waals surface area contributed by atoms with Gasteiger partial charge in [-0.3, -0.25) is 0 Å². The zero-order valence-corrected chi connectivity index (χ0v) is 8.01. The van der Waals surface area contributed by atoms with Gasteiger partial charge < -0.3 is 0 Å². The third-order valence-corrected chi connectivity index (χ3v) is 2.74. The van der Waals surface area contributed by atoms with Crippen molar-refractivity contribution in [1.29, 1.82) is 0 Å². The normalized spacial score (nSPS) is 10.9. The second kappa shape index (κ2) is 2.93. The lowest BCUT2D eigenvalue weighted by atomic mass is 10.1. The molecule has 1 rings (SSSR count). The van der Waals surface area contributed by atoms with E-state index in [1.54, 1.807) is 11.3 Å². The predicted molar refractivity (Wildman–Crippen MR) is 48.2 cm³/mol. The Kier molecular flexibility index (Phi) is 2.37. The van der Waals surface area contributed by atoms with E-state index in [9.17, 15) is 0 Å². The molecule has 0 radical (unpaired) electrons. The van der Waals surface area contributed by atoms with Crippen LogP contribution in [-0.2, 0) is 0 Å². The number of rotatable bonds is 1. The fourth-order valence-corrected chi connectivity index (χ4v) is 2.39. The highest BCUT2D eigenvalue weighted by Crippen LogP contribution is 2.30. The molecule has 0 nitrogen and oxygen atoms in total. The zero-order chi connectivity index (χ0) is 7.72. The Bertz CT molecular complexity index is 225. The SMILES string of the molecule is Cc1sc(Cl)cc1C(C)C. The minimum absolute atomic E-state index is 0.601. The van der Waals surface area contributed by atoms with E-state index in [1.165, 1.54) is 10.4 Å². The molecule has 0 saturated heterocycles. The van der Waals surface area contributed by atoms with Crippen LogP contribution in [0.3, 0.4) is 0 Å². The van der Waals surface area contributed by atoms with Gasteiger partial charge >= 0.3 is 0 Å². The van der Waals surface area contributed by atoms with Gasteiger partial charge in [0.25, 0.3) is 0 Å². The van der Waals surface area contributed by atoms with Gasteiger partial charge in [0, 0.05) is 4.88 Å².